The summed E-state index contributed by atoms with van der Waals surface area (Å²) < 4.78 is 28.9. The number of hydrogen-bond donors (Lipinski definition) is 0. The van der Waals surface area contributed by atoms with Crippen molar-refractivity contribution in [1.29, 1.82) is 0 Å². The summed E-state index contributed by atoms with van der Waals surface area (Å²) in [7, 11) is -1.63. The minimum absolute atomic E-state index is 0.291. The summed E-state index contributed by atoms with van der Waals surface area (Å²) in [6.45, 7) is 7.29. The molecule has 1 aliphatic heterocycles. The summed E-state index contributed by atoms with van der Waals surface area (Å²) in [4.78, 5) is 3.95. The quantitative estimate of drug-likeness (QED) is 0.215. The van der Waals surface area contributed by atoms with Crippen molar-refractivity contribution in [2.75, 3.05) is 26.8 Å². The van der Waals surface area contributed by atoms with Crippen LogP contribution in [0, 0.1) is 0 Å². The third-order valence-electron chi connectivity index (χ3n) is 4.69. The predicted octanol–water partition coefficient (Wildman–Crippen LogP) is 6.11. The molecule has 0 bridgehead atoms. The van der Waals surface area contributed by atoms with E-state index in [-0.39, 0.29) is 0 Å². The van der Waals surface area contributed by atoms with Crippen molar-refractivity contribution in [1.82, 2.24) is 9.80 Å². The monoisotopic (exact) mass is 404 g/mol. The van der Waals surface area contributed by atoms with Crippen LogP contribution < -0.4 is 0 Å². The Kier molecular flexibility index (Phi) is 13.1. The average Bonchev–Trinajstić information content (AvgIpc) is 2.97. The molecule has 0 spiro atoms. The fourth-order valence-corrected chi connectivity index (χ4v) is 4.53. The van der Waals surface area contributed by atoms with Gasteiger partial charge in [-0.15, -0.1) is 0 Å². The predicted molar refractivity (Wildman–Crippen MR) is 111 cm³/mol. The van der Waals surface area contributed by atoms with Crippen molar-refractivity contribution in [3.63, 3.8) is 0 Å². The summed E-state index contributed by atoms with van der Waals surface area (Å²) in [5.74, 6) is 0. The van der Waals surface area contributed by atoms with Gasteiger partial charge in [-0.2, -0.15) is 0 Å². The smallest absolute Gasteiger partial charge is 0.337 e. The van der Waals surface area contributed by atoms with Crippen LogP contribution in [0.4, 0.5) is 0 Å². The summed E-state index contributed by atoms with van der Waals surface area (Å²) >= 11 is 0. The molecule has 1 unspecified atom stereocenters. The van der Waals surface area contributed by atoms with Gasteiger partial charge in [-0.05, 0) is 20.3 Å². The fraction of sp³-hybridized carbons (Fsp3) is 0.900. The number of phosphoric acid groups is 1. The zero-order valence-electron chi connectivity index (χ0n) is 17.9. The molecule has 0 aromatic rings. The van der Waals surface area contributed by atoms with Gasteiger partial charge in [0.15, 0.2) is 0 Å². The molecule has 27 heavy (non-hydrogen) atoms. The molecular formula is C20H41N2O4P. The van der Waals surface area contributed by atoms with Crippen LogP contribution in [0.3, 0.4) is 0 Å². The first-order valence-electron chi connectivity index (χ1n) is 10.8. The zero-order valence-corrected chi connectivity index (χ0v) is 18.8. The van der Waals surface area contributed by atoms with Gasteiger partial charge in [-0.25, -0.2) is 9.09 Å². The van der Waals surface area contributed by atoms with Crippen LogP contribution in [0.2, 0.25) is 0 Å². The molecule has 1 rings (SSSR count). The summed E-state index contributed by atoms with van der Waals surface area (Å²) in [5.41, 5.74) is 0. The molecule has 0 aliphatic carbocycles. The van der Waals surface area contributed by atoms with Crippen molar-refractivity contribution in [3.8, 4) is 0 Å². The van der Waals surface area contributed by atoms with Crippen LogP contribution in [-0.2, 0) is 18.1 Å². The van der Waals surface area contributed by atoms with Gasteiger partial charge in [0.25, 0.3) is 0 Å². The molecular weight excluding hydrogens is 363 g/mol. The average molecular weight is 405 g/mol. The van der Waals surface area contributed by atoms with Crippen LogP contribution in [0.5, 0.6) is 0 Å². The van der Waals surface area contributed by atoms with Gasteiger partial charge in [-0.1, -0.05) is 64.7 Å². The first-order chi connectivity index (χ1) is 13.1. The van der Waals surface area contributed by atoms with Crippen LogP contribution >= 0.6 is 7.82 Å². The standard InChI is InChI=1S/C20H41N2O4P/c1-5-8-9-10-11-12-13-14-15-16-17-22-19-18-21(4)20(22)26-27(23,24-6-2)25-7-3/h18-20H,5-17H2,1-4H3. The number of rotatable bonds is 17. The Labute approximate surface area is 166 Å². The van der Waals surface area contributed by atoms with Crippen molar-refractivity contribution in [3.05, 3.63) is 12.4 Å². The Hall–Kier alpha value is -0.550. The lowest BCUT2D eigenvalue weighted by atomic mass is 10.1. The SMILES string of the molecule is CCCCCCCCCCCCN1C=CN(C)C1OP(=O)(OCC)OCC. The first-order valence-corrected chi connectivity index (χ1v) is 12.3. The van der Waals surface area contributed by atoms with Gasteiger partial charge in [0.05, 0.1) is 13.2 Å². The maximum Gasteiger partial charge on any atom is 0.478 e. The highest BCUT2D eigenvalue weighted by atomic mass is 31.2. The summed E-state index contributed by atoms with van der Waals surface area (Å²) in [5, 5.41) is 0. The third-order valence-corrected chi connectivity index (χ3v) is 6.29. The minimum Gasteiger partial charge on any atom is -0.337 e. The van der Waals surface area contributed by atoms with Gasteiger partial charge < -0.3 is 9.80 Å². The Bertz CT molecular complexity index is 438. The van der Waals surface area contributed by atoms with Crippen molar-refractivity contribution >= 4 is 7.82 Å². The molecule has 1 atom stereocenters. The molecule has 1 aliphatic rings. The molecule has 0 saturated carbocycles. The Balaban J connectivity index is 2.25. The Morgan fingerprint density at radius 2 is 1.33 bits per heavy atom. The summed E-state index contributed by atoms with van der Waals surface area (Å²) in [6, 6.07) is 0. The largest absolute Gasteiger partial charge is 0.478 e. The Morgan fingerprint density at radius 3 is 1.85 bits per heavy atom. The van der Waals surface area contributed by atoms with Gasteiger partial charge in [-0.3, -0.25) is 9.05 Å². The third kappa shape index (κ3) is 9.98. The van der Waals surface area contributed by atoms with E-state index in [2.05, 4.69) is 11.8 Å². The van der Waals surface area contributed by atoms with E-state index >= 15 is 0 Å². The van der Waals surface area contributed by atoms with Crippen LogP contribution in [0.25, 0.3) is 0 Å². The van der Waals surface area contributed by atoms with Crippen molar-refractivity contribution in [2.45, 2.75) is 91.3 Å². The molecule has 160 valence electrons. The lowest BCUT2D eigenvalue weighted by molar-refractivity contribution is -0.0448. The summed E-state index contributed by atoms with van der Waals surface area (Å²) in [6.07, 6.45) is 16.6. The van der Waals surface area contributed by atoms with E-state index in [1.54, 1.807) is 13.8 Å². The molecule has 0 saturated heterocycles. The number of phosphoric ester groups is 1. The zero-order chi connectivity index (χ0) is 20.0. The van der Waals surface area contributed by atoms with Gasteiger partial charge in [0, 0.05) is 26.0 Å². The highest BCUT2D eigenvalue weighted by molar-refractivity contribution is 7.48. The number of hydrogen-bond acceptors (Lipinski definition) is 6. The van der Waals surface area contributed by atoms with E-state index in [4.69, 9.17) is 13.6 Å². The van der Waals surface area contributed by atoms with E-state index in [1.165, 1.54) is 57.8 Å². The highest BCUT2D eigenvalue weighted by Gasteiger charge is 2.35. The van der Waals surface area contributed by atoms with E-state index < -0.39 is 14.2 Å². The van der Waals surface area contributed by atoms with E-state index in [1.807, 2.05) is 24.3 Å². The van der Waals surface area contributed by atoms with Crippen LogP contribution in [0.1, 0.15) is 85.0 Å². The minimum atomic E-state index is -3.53. The van der Waals surface area contributed by atoms with Crippen molar-refractivity contribution in [2.24, 2.45) is 0 Å². The Morgan fingerprint density at radius 1 is 0.815 bits per heavy atom. The lowest BCUT2D eigenvalue weighted by Gasteiger charge is -2.32. The van der Waals surface area contributed by atoms with Crippen LogP contribution in [-0.4, -0.2) is 43.0 Å². The van der Waals surface area contributed by atoms with Gasteiger partial charge in [0.1, 0.15) is 0 Å². The molecule has 0 fully saturated rings. The second kappa shape index (κ2) is 14.4. The van der Waals surface area contributed by atoms with E-state index in [9.17, 15) is 4.57 Å². The van der Waals surface area contributed by atoms with E-state index in [0.717, 1.165) is 13.0 Å². The normalized spacial score (nSPS) is 17.3. The van der Waals surface area contributed by atoms with Gasteiger partial charge >= 0.3 is 7.82 Å². The van der Waals surface area contributed by atoms with Gasteiger partial charge in [0.2, 0.25) is 6.35 Å². The van der Waals surface area contributed by atoms with E-state index in [0.29, 0.717) is 13.2 Å². The fourth-order valence-electron chi connectivity index (χ4n) is 3.20. The van der Waals surface area contributed by atoms with Crippen molar-refractivity contribution < 1.29 is 18.1 Å². The maximum atomic E-state index is 12.7. The second-order valence-electron chi connectivity index (χ2n) is 7.10. The molecule has 0 aromatic heterocycles. The molecule has 1 heterocycles. The lowest BCUT2D eigenvalue weighted by Crippen LogP contribution is -2.39. The molecule has 7 heteroatoms. The highest BCUT2D eigenvalue weighted by Crippen LogP contribution is 2.51. The molecule has 0 radical (unpaired) electrons. The first kappa shape index (κ1) is 24.5. The molecule has 0 amide bonds. The topological polar surface area (TPSA) is 51.2 Å². The van der Waals surface area contributed by atoms with Crippen LogP contribution in [0.15, 0.2) is 12.4 Å². The second-order valence-corrected chi connectivity index (χ2v) is 8.72. The number of nitrogens with zero attached hydrogens (tertiary/aromatic N) is 2. The number of unbranched alkanes of at least 4 members (excludes halogenated alkanes) is 9. The molecule has 0 N–H and O–H groups in total. The maximum absolute atomic E-state index is 12.7. The molecule has 6 nitrogen and oxygen atoms in total. The molecule has 0 aromatic carbocycles.